The van der Waals surface area contributed by atoms with Crippen molar-refractivity contribution in [2.45, 2.75) is 36.6 Å². The Morgan fingerprint density at radius 1 is 1.12 bits per heavy atom. The van der Waals surface area contributed by atoms with Crippen LogP contribution in [0.15, 0.2) is 29.2 Å². The number of carbonyl (C=O) groups is 1. The molecule has 1 saturated heterocycles. The molecule has 0 bridgehead atoms. The molecule has 1 amide bonds. The van der Waals surface area contributed by atoms with E-state index in [2.05, 4.69) is 10.6 Å². The summed E-state index contributed by atoms with van der Waals surface area (Å²) in [6.45, 7) is 2.15. The summed E-state index contributed by atoms with van der Waals surface area (Å²) in [5.74, 6) is 0.618. The molecule has 8 heteroatoms. The molecule has 0 radical (unpaired) electrons. The molecule has 1 saturated carbocycles. The molecule has 1 aliphatic carbocycles. The standard InChI is InChI=1S/C17H25N3O3S.ClH/c1-18-17(21)14-4-6-16(7-5-14)24(22,23)20-10-8-15(9-11-20)19-12-13-2-3-13;/h4-7,13,15,19H,2-3,8-12H2,1H3,(H,18,21);1H. The van der Waals surface area contributed by atoms with Crippen LogP contribution in [0.4, 0.5) is 0 Å². The molecule has 2 fully saturated rings. The molecular formula is C17H26ClN3O3S. The van der Waals surface area contributed by atoms with Crippen LogP contribution in [-0.2, 0) is 10.0 Å². The minimum atomic E-state index is -3.48. The molecule has 25 heavy (non-hydrogen) atoms. The number of nitrogens with one attached hydrogen (secondary N) is 2. The van der Waals surface area contributed by atoms with Crippen LogP contribution < -0.4 is 10.6 Å². The maximum absolute atomic E-state index is 12.7. The van der Waals surface area contributed by atoms with Crippen LogP contribution in [0.2, 0.25) is 0 Å². The lowest BCUT2D eigenvalue weighted by Gasteiger charge is -2.31. The van der Waals surface area contributed by atoms with Crippen molar-refractivity contribution in [3.8, 4) is 0 Å². The van der Waals surface area contributed by atoms with E-state index in [4.69, 9.17) is 0 Å². The van der Waals surface area contributed by atoms with Crippen molar-refractivity contribution in [3.63, 3.8) is 0 Å². The van der Waals surface area contributed by atoms with Crippen LogP contribution in [0.25, 0.3) is 0 Å². The van der Waals surface area contributed by atoms with Crippen molar-refractivity contribution in [1.29, 1.82) is 0 Å². The molecule has 1 aromatic rings. The summed E-state index contributed by atoms with van der Waals surface area (Å²) in [7, 11) is -1.93. The Balaban J connectivity index is 0.00000225. The van der Waals surface area contributed by atoms with Crippen molar-refractivity contribution >= 4 is 28.3 Å². The van der Waals surface area contributed by atoms with Gasteiger partial charge in [0, 0.05) is 31.7 Å². The van der Waals surface area contributed by atoms with Crippen LogP contribution in [0.1, 0.15) is 36.0 Å². The van der Waals surface area contributed by atoms with Gasteiger partial charge in [-0.1, -0.05) is 0 Å². The Kier molecular flexibility index (Phi) is 6.85. The lowest BCUT2D eigenvalue weighted by Crippen LogP contribution is -2.45. The van der Waals surface area contributed by atoms with E-state index in [1.54, 1.807) is 23.5 Å². The van der Waals surface area contributed by atoms with Gasteiger partial charge in [-0.25, -0.2) is 8.42 Å². The smallest absolute Gasteiger partial charge is 0.251 e. The van der Waals surface area contributed by atoms with Crippen molar-refractivity contribution in [3.05, 3.63) is 29.8 Å². The summed E-state index contributed by atoms with van der Waals surface area (Å²) in [5.41, 5.74) is 0.458. The minimum Gasteiger partial charge on any atom is -0.355 e. The second kappa shape index (κ2) is 8.49. The van der Waals surface area contributed by atoms with E-state index in [0.29, 0.717) is 24.7 Å². The van der Waals surface area contributed by atoms with Crippen molar-refractivity contribution in [2.24, 2.45) is 5.92 Å². The van der Waals surface area contributed by atoms with E-state index >= 15 is 0 Å². The first-order valence-electron chi connectivity index (χ1n) is 8.56. The number of nitrogens with zero attached hydrogens (tertiary/aromatic N) is 1. The third-order valence-electron chi connectivity index (χ3n) is 4.83. The zero-order chi connectivity index (χ0) is 17.2. The normalized spacial score (nSPS) is 19.2. The van der Waals surface area contributed by atoms with Crippen molar-refractivity contribution < 1.29 is 13.2 Å². The topological polar surface area (TPSA) is 78.5 Å². The molecule has 0 aromatic heterocycles. The largest absolute Gasteiger partial charge is 0.355 e. The molecule has 2 N–H and O–H groups in total. The molecule has 0 unspecified atom stereocenters. The predicted octanol–water partition coefficient (Wildman–Crippen LogP) is 1.62. The molecule has 0 spiro atoms. The average Bonchev–Trinajstić information content (AvgIpc) is 3.44. The quantitative estimate of drug-likeness (QED) is 0.777. The predicted molar refractivity (Wildman–Crippen MR) is 99.6 cm³/mol. The molecular weight excluding hydrogens is 362 g/mol. The molecule has 140 valence electrons. The number of hydrogen-bond donors (Lipinski definition) is 2. The highest BCUT2D eigenvalue weighted by Crippen LogP contribution is 2.28. The van der Waals surface area contributed by atoms with Gasteiger partial charge in [-0.15, -0.1) is 12.4 Å². The van der Waals surface area contributed by atoms with E-state index < -0.39 is 10.0 Å². The zero-order valence-electron chi connectivity index (χ0n) is 14.4. The Hall–Kier alpha value is -1.15. The second-order valence-corrected chi connectivity index (χ2v) is 8.57. The molecule has 6 nitrogen and oxygen atoms in total. The van der Waals surface area contributed by atoms with Gasteiger partial charge in [0.1, 0.15) is 0 Å². The number of sulfonamides is 1. The summed E-state index contributed by atoms with van der Waals surface area (Å²) in [6, 6.07) is 6.55. The van der Waals surface area contributed by atoms with Gasteiger partial charge in [0.15, 0.2) is 0 Å². The average molecular weight is 388 g/mol. The summed E-state index contributed by atoms with van der Waals surface area (Å²) in [5, 5.41) is 6.08. The first-order chi connectivity index (χ1) is 11.5. The van der Waals surface area contributed by atoms with Crippen LogP contribution >= 0.6 is 12.4 Å². The molecule has 1 aliphatic heterocycles. The molecule has 0 atom stereocenters. The van der Waals surface area contributed by atoms with Gasteiger partial charge in [0.25, 0.3) is 5.91 Å². The lowest BCUT2D eigenvalue weighted by molar-refractivity contribution is 0.0963. The Morgan fingerprint density at radius 2 is 1.72 bits per heavy atom. The fraction of sp³-hybridized carbons (Fsp3) is 0.588. The van der Waals surface area contributed by atoms with Crippen LogP contribution in [-0.4, -0.2) is 51.4 Å². The number of rotatable bonds is 6. The summed E-state index contributed by atoms with van der Waals surface area (Å²) in [4.78, 5) is 11.8. The monoisotopic (exact) mass is 387 g/mol. The maximum atomic E-state index is 12.7. The van der Waals surface area contributed by atoms with Crippen molar-refractivity contribution in [2.75, 3.05) is 26.7 Å². The number of amides is 1. The second-order valence-electron chi connectivity index (χ2n) is 6.63. The van der Waals surface area contributed by atoms with Crippen LogP contribution in [0.5, 0.6) is 0 Å². The Labute approximate surface area is 155 Å². The van der Waals surface area contributed by atoms with Gasteiger partial charge < -0.3 is 10.6 Å². The fourth-order valence-corrected chi connectivity index (χ4v) is 4.50. The highest BCUT2D eigenvalue weighted by atomic mass is 35.5. The Bertz CT molecular complexity index is 682. The first kappa shape index (κ1) is 20.2. The van der Waals surface area contributed by atoms with Gasteiger partial charge in [-0.3, -0.25) is 4.79 Å². The number of benzene rings is 1. The Morgan fingerprint density at radius 3 is 2.24 bits per heavy atom. The highest BCUT2D eigenvalue weighted by molar-refractivity contribution is 7.89. The van der Waals surface area contributed by atoms with Gasteiger partial charge in [-0.2, -0.15) is 4.31 Å². The third-order valence-corrected chi connectivity index (χ3v) is 6.74. The SMILES string of the molecule is CNC(=O)c1ccc(S(=O)(=O)N2CCC(NCC3CC3)CC2)cc1.Cl. The number of halogens is 1. The van der Waals surface area contributed by atoms with Gasteiger partial charge >= 0.3 is 0 Å². The fourth-order valence-electron chi connectivity index (χ4n) is 3.03. The number of carbonyl (C=O) groups excluding carboxylic acids is 1. The van der Waals surface area contributed by atoms with Gasteiger partial charge in [-0.05, 0) is 62.4 Å². The minimum absolute atomic E-state index is 0. The molecule has 1 aromatic carbocycles. The highest BCUT2D eigenvalue weighted by Gasteiger charge is 2.30. The lowest BCUT2D eigenvalue weighted by atomic mass is 10.1. The summed E-state index contributed by atoms with van der Waals surface area (Å²) < 4.78 is 27.0. The van der Waals surface area contributed by atoms with E-state index in [1.807, 2.05) is 0 Å². The summed E-state index contributed by atoms with van der Waals surface area (Å²) in [6.07, 6.45) is 4.35. The summed E-state index contributed by atoms with van der Waals surface area (Å²) >= 11 is 0. The first-order valence-corrected chi connectivity index (χ1v) is 10.0. The van der Waals surface area contributed by atoms with Gasteiger partial charge in [0.2, 0.25) is 10.0 Å². The number of piperidine rings is 1. The van der Waals surface area contributed by atoms with Crippen LogP contribution in [0.3, 0.4) is 0 Å². The molecule has 3 rings (SSSR count). The van der Waals surface area contributed by atoms with Gasteiger partial charge in [0.05, 0.1) is 4.90 Å². The number of hydrogen-bond acceptors (Lipinski definition) is 4. The maximum Gasteiger partial charge on any atom is 0.251 e. The molecule has 1 heterocycles. The van der Waals surface area contributed by atoms with E-state index in [1.165, 1.54) is 25.0 Å². The van der Waals surface area contributed by atoms with E-state index in [-0.39, 0.29) is 23.2 Å². The van der Waals surface area contributed by atoms with E-state index in [0.717, 1.165) is 25.3 Å². The molecule has 2 aliphatic rings. The van der Waals surface area contributed by atoms with Crippen LogP contribution in [0, 0.1) is 5.92 Å². The third kappa shape index (κ3) is 4.94. The van der Waals surface area contributed by atoms with E-state index in [9.17, 15) is 13.2 Å². The zero-order valence-corrected chi connectivity index (χ0v) is 16.0. The van der Waals surface area contributed by atoms with Crippen molar-refractivity contribution in [1.82, 2.24) is 14.9 Å².